The summed E-state index contributed by atoms with van der Waals surface area (Å²) in [4.78, 5) is 29.2. The number of nitrogens with zero attached hydrogens (tertiary/aromatic N) is 3. The third-order valence-corrected chi connectivity index (χ3v) is 4.39. The van der Waals surface area contributed by atoms with Crippen LogP contribution in [0, 0.1) is 11.8 Å². The topological polar surface area (TPSA) is 88.9 Å². The number of carbonyl (C=O) groups is 2. The van der Waals surface area contributed by atoms with Gasteiger partial charge in [0.15, 0.2) is 0 Å². The van der Waals surface area contributed by atoms with E-state index in [1.165, 1.54) is 6.33 Å². The zero-order valence-electron chi connectivity index (χ0n) is 17.7. The molecule has 0 radical (unpaired) electrons. The molecule has 0 saturated heterocycles. The molecule has 0 atom stereocenters. The minimum absolute atomic E-state index is 0.117. The Bertz CT molecular complexity index is 780. The van der Waals surface area contributed by atoms with E-state index in [-0.39, 0.29) is 17.4 Å². The van der Waals surface area contributed by atoms with E-state index >= 15 is 0 Å². The van der Waals surface area contributed by atoms with Crippen molar-refractivity contribution in [3.05, 3.63) is 48.1 Å². The van der Waals surface area contributed by atoms with Gasteiger partial charge < -0.3 is 10.6 Å². The van der Waals surface area contributed by atoms with E-state index in [1.807, 2.05) is 24.3 Å². The Labute approximate surface area is 172 Å². The van der Waals surface area contributed by atoms with Gasteiger partial charge in [-0.3, -0.25) is 9.59 Å². The predicted molar refractivity (Wildman–Crippen MR) is 114 cm³/mol. The molecule has 2 N–H and O–H groups in total. The Morgan fingerprint density at radius 2 is 1.52 bits per heavy atom. The fraction of sp³-hybridized carbons (Fsp3) is 0.455. The molecule has 7 nitrogen and oxygen atoms in total. The van der Waals surface area contributed by atoms with Crippen molar-refractivity contribution in [1.29, 1.82) is 0 Å². The van der Waals surface area contributed by atoms with Gasteiger partial charge in [-0.1, -0.05) is 39.8 Å². The van der Waals surface area contributed by atoms with Crippen LogP contribution >= 0.6 is 0 Å². The van der Waals surface area contributed by atoms with Crippen LogP contribution in [0.1, 0.15) is 46.1 Å². The first kappa shape index (κ1) is 22.3. The van der Waals surface area contributed by atoms with Gasteiger partial charge in [0, 0.05) is 13.1 Å². The summed E-state index contributed by atoms with van der Waals surface area (Å²) in [6, 6.07) is 7.43. The largest absolute Gasteiger partial charge is 0.352 e. The Hall–Kier alpha value is -2.96. The SMILES string of the molecule is CC(C)CCNC(=O)C(=Cc1ccc(-n2cncn2)cc1)C(=O)NCCC(C)C. The van der Waals surface area contributed by atoms with Gasteiger partial charge in [-0.25, -0.2) is 9.67 Å². The average molecular weight is 398 g/mol. The molecule has 2 rings (SSSR count). The standard InChI is InChI=1S/C22H31N5O2/c1-16(2)9-11-24-21(28)20(22(29)25-12-10-17(3)4)13-18-5-7-19(8-6-18)27-15-23-14-26-27/h5-8,13-17H,9-12H2,1-4H3,(H,24,28)(H,25,29). The highest BCUT2D eigenvalue weighted by molar-refractivity contribution is 6.21. The number of nitrogens with one attached hydrogen (secondary N) is 2. The van der Waals surface area contributed by atoms with E-state index in [9.17, 15) is 9.59 Å². The summed E-state index contributed by atoms with van der Waals surface area (Å²) in [5, 5.41) is 9.81. The van der Waals surface area contributed by atoms with E-state index in [0.717, 1.165) is 24.1 Å². The maximum absolute atomic E-state index is 12.7. The number of hydrogen-bond acceptors (Lipinski definition) is 4. The summed E-state index contributed by atoms with van der Waals surface area (Å²) < 4.78 is 1.64. The van der Waals surface area contributed by atoms with E-state index in [0.29, 0.717) is 24.9 Å². The first-order valence-corrected chi connectivity index (χ1v) is 10.1. The van der Waals surface area contributed by atoms with Crippen LogP contribution in [0.25, 0.3) is 11.8 Å². The Morgan fingerprint density at radius 3 is 1.97 bits per heavy atom. The van der Waals surface area contributed by atoms with E-state index < -0.39 is 0 Å². The van der Waals surface area contributed by atoms with Crippen molar-refractivity contribution >= 4 is 17.9 Å². The molecular formula is C22H31N5O2. The zero-order chi connectivity index (χ0) is 21.2. The van der Waals surface area contributed by atoms with Crippen LogP contribution in [-0.2, 0) is 9.59 Å². The minimum atomic E-state index is -0.354. The fourth-order valence-corrected chi connectivity index (χ4v) is 2.60. The minimum Gasteiger partial charge on any atom is -0.352 e. The maximum Gasteiger partial charge on any atom is 0.256 e. The number of rotatable bonds is 10. The van der Waals surface area contributed by atoms with E-state index in [2.05, 4.69) is 48.4 Å². The molecule has 0 aliphatic heterocycles. The maximum atomic E-state index is 12.7. The Kier molecular flexibility index (Phi) is 8.58. The van der Waals surface area contributed by atoms with Crippen molar-refractivity contribution in [3.63, 3.8) is 0 Å². The van der Waals surface area contributed by atoms with Gasteiger partial charge in [0.25, 0.3) is 11.8 Å². The monoisotopic (exact) mass is 397 g/mol. The number of amides is 2. The number of hydrogen-bond donors (Lipinski definition) is 2. The lowest BCUT2D eigenvalue weighted by Gasteiger charge is -2.12. The van der Waals surface area contributed by atoms with Crippen LogP contribution < -0.4 is 10.6 Å². The van der Waals surface area contributed by atoms with Gasteiger partial charge in [0.1, 0.15) is 18.2 Å². The van der Waals surface area contributed by atoms with Crippen LogP contribution in [0.5, 0.6) is 0 Å². The molecule has 0 aliphatic carbocycles. The lowest BCUT2D eigenvalue weighted by atomic mass is 10.1. The molecule has 7 heteroatoms. The number of carbonyl (C=O) groups excluding carboxylic acids is 2. The van der Waals surface area contributed by atoms with Crippen LogP contribution in [-0.4, -0.2) is 39.7 Å². The van der Waals surface area contributed by atoms with Crippen molar-refractivity contribution in [3.8, 4) is 5.69 Å². The quantitative estimate of drug-likeness (QED) is 0.366. The molecule has 1 aromatic carbocycles. The molecular weight excluding hydrogens is 366 g/mol. The summed E-state index contributed by atoms with van der Waals surface area (Å²) in [5.74, 6) is 0.250. The molecule has 1 heterocycles. The molecule has 29 heavy (non-hydrogen) atoms. The van der Waals surface area contributed by atoms with Crippen LogP contribution in [0.4, 0.5) is 0 Å². The van der Waals surface area contributed by atoms with Crippen LogP contribution in [0.15, 0.2) is 42.5 Å². The Balaban J connectivity index is 2.15. The number of aromatic nitrogens is 3. The van der Waals surface area contributed by atoms with Gasteiger partial charge in [0.2, 0.25) is 0 Å². The molecule has 1 aromatic heterocycles. The second-order valence-corrected chi connectivity index (χ2v) is 7.87. The van der Waals surface area contributed by atoms with Crippen molar-refractivity contribution < 1.29 is 9.59 Å². The molecule has 0 fully saturated rings. The van der Waals surface area contributed by atoms with Crippen LogP contribution in [0.3, 0.4) is 0 Å². The average Bonchev–Trinajstić information content (AvgIpc) is 3.20. The van der Waals surface area contributed by atoms with Gasteiger partial charge in [-0.2, -0.15) is 5.10 Å². The summed E-state index contributed by atoms with van der Waals surface area (Å²) in [6.45, 7) is 9.46. The Morgan fingerprint density at radius 1 is 0.966 bits per heavy atom. The molecule has 2 amide bonds. The summed E-state index contributed by atoms with van der Waals surface area (Å²) in [7, 11) is 0. The first-order chi connectivity index (χ1) is 13.9. The van der Waals surface area contributed by atoms with Crippen molar-refractivity contribution in [2.24, 2.45) is 11.8 Å². The normalized spacial score (nSPS) is 10.8. The van der Waals surface area contributed by atoms with E-state index in [4.69, 9.17) is 0 Å². The lowest BCUT2D eigenvalue weighted by Crippen LogP contribution is -2.36. The second kappa shape index (κ2) is 11.1. The fourth-order valence-electron chi connectivity index (χ4n) is 2.60. The zero-order valence-corrected chi connectivity index (χ0v) is 17.7. The second-order valence-electron chi connectivity index (χ2n) is 7.87. The summed E-state index contributed by atoms with van der Waals surface area (Å²) in [5.41, 5.74) is 1.73. The smallest absolute Gasteiger partial charge is 0.256 e. The van der Waals surface area contributed by atoms with Gasteiger partial charge in [-0.05, 0) is 48.4 Å². The van der Waals surface area contributed by atoms with Crippen LogP contribution in [0.2, 0.25) is 0 Å². The van der Waals surface area contributed by atoms with Crippen molar-refractivity contribution in [2.75, 3.05) is 13.1 Å². The summed E-state index contributed by atoms with van der Waals surface area (Å²) >= 11 is 0. The molecule has 0 saturated carbocycles. The molecule has 0 unspecified atom stereocenters. The first-order valence-electron chi connectivity index (χ1n) is 10.1. The summed E-state index contributed by atoms with van der Waals surface area (Å²) in [6.07, 6.45) is 6.43. The highest BCUT2D eigenvalue weighted by atomic mass is 16.2. The van der Waals surface area contributed by atoms with Gasteiger partial charge in [0.05, 0.1) is 5.69 Å². The highest BCUT2D eigenvalue weighted by Crippen LogP contribution is 2.12. The molecule has 0 aliphatic rings. The molecule has 0 bridgehead atoms. The van der Waals surface area contributed by atoms with Gasteiger partial charge in [-0.15, -0.1) is 0 Å². The third-order valence-electron chi connectivity index (χ3n) is 4.39. The van der Waals surface area contributed by atoms with Crippen molar-refractivity contribution in [1.82, 2.24) is 25.4 Å². The van der Waals surface area contributed by atoms with Gasteiger partial charge >= 0.3 is 0 Å². The molecule has 2 aromatic rings. The van der Waals surface area contributed by atoms with Crippen molar-refractivity contribution in [2.45, 2.75) is 40.5 Å². The number of benzene rings is 1. The molecule has 0 spiro atoms. The van der Waals surface area contributed by atoms with E-state index in [1.54, 1.807) is 17.1 Å². The molecule has 156 valence electrons. The highest BCUT2D eigenvalue weighted by Gasteiger charge is 2.18. The third kappa shape index (κ3) is 7.52. The predicted octanol–water partition coefficient (Wildman–Crippen LogP) is 2.98. The lowest BCUT2D eigenvalue weighted by molar-refractivity contribution is -0.123.